The number of aryl methyl sites for hydroxylation is 2. The molecule has 1 aromatic carbocycles. The van der Waals surface area contributed by atoms with Crippen LogP contribution in [0.4, 0.5) is 0 Å². The first-order valence-corrected chi connectivity index (χ1v) is 7.62. The Kier molecular flexibility index (Phi) is 5.22. The molecule has 0 fully saturated rings. The highest BCUT2D eigenvalue weighted by Gasteiger charge is 2.17. The Morgan fingerprint density at radius 2 is 1.75 bits per heavy atom. The summed E-state index contributed by atoms with van der Waals surface area (Å²) in [7, 11) is 0. The number of aromatic hydroxyl groups is 1. The second-order valence-corrected chi connectivity index (χ2v) is 5.19. The summed E-state index contributed by atoms with van der Waals surface area (Å²) in [6.07, 6.45) is 5.30. The Labute approximate surface area is 121 Å². The van der Waals surface area contributed by atoms with Crippen molar-refractivity contribution >= 4 is 0 Å². The predicted molar refractivity (Wildman–Crippen MR) is 82.8 cm³/mol. The zero-order chi connectivity index (χ0) is 14.4. The summed E-state index contributed by atoms with van der Waals surface area (Å²) in [5.41, 5.74) is 2.99. The monoisotopic (exact) mass is 272 g/mol. The number of unbranched alkanes of at least 4 members (excludes halogenated alkanes) is 2. The lowest BCUT2D eigenvalue weighted by Crippen LogP contribution is -2.00. The van der Waals surface area contributed by atoms with Crippen LogP contribution in [0, 0.1) is 0 Å². The van der Waals surface area contributed by atoms with Gasteiger partial charge in [-0.1, -0.05) is 57.0 Å². The van der Waals surface area contributed by atoms with Gasteiger partial charge in [0.2, 0.25) is 5.88 Å². The van der Waals surface area contributed by atoms with Crippen LogP contribution in [-0.2, 0) is 13.0 Å². The molecule has 0 radical (unpaired) electrons. The van der Waals surface area contributed by atoms with Crippen LogP contribution >= 0.6 is 0 Å². The van der Waals surface area contributed by atoms with E-state index < -0.39 is 0 Å². The van der Waals surface area contributed by atoms with Crippen molar-refractivity contribution in [2.75, 3.05) is 0 Å². The van der Waals surface area contributed by atoms with E-state index in [-0.39, 0.29) is 0 Å². The van der Waals surface area contributed by atoms with Crippen molar-refractivity contribution in [2.45, 2.75) is 52.5 Å². The molecule has 1 aromatic heterocycles. The van der Waals surface area contributed by atoms with Crippen LogP contribution in [0.15, 0.2) is 30.3 Å². The van der Waals surface area contributed by atoms with Crippen molar-refractivity contribution < 1.29 is 5.11 Å². The zero-order valence-electron chi connectivity index (χ0n) is 12.5. The van der Waals surface area contributed by atoms with E-state index >= 15 is 0 Å². The summed E-state index contributed by atoms with van der Waals surface area (Å²) >= 11 is 0. The molecular formula is C17H24N2O. The Morgan fingerprint density at radius 3 is 2.40 bits per heavy atom. The van der Waals surface area contributed by atoms with E-state index in [4.69, 9.17) is 0 Å². The Hall–Kier alpha value is -1.77. The van der Waals surface area contributed by atoms with Crippen molar-refractivity contribution in [1.82, 2.24) is 9.78 Å². The van der Waals surface area contributed by atoms with Gasteiger partial charge in [0.25, 0.3) is 0 Å². The van der Waals surface area contributed by atoms with Gasteiger partial charge in [0.05, 0.1) is 11.3 Å². The van der Waals surface area contributed by atoms with E-state index in [1.165, 1.54) is 0 Å². The van der Waals surface area contributed by atoms with Gasteiger partial charge in [-0.3, -0.25) is 0 Å². The highest BCUT2D eigenvalue weighted by molar-refractivity contribution is 5.71. The molecule has 0 saturated heterocycles. The fourth-order valence-electron chi connectivity index (χ4n) is 2.38. The van der Waals surface area contributed by atoms with E-state index in [1.807, 2.05) is 30.3 Å². The lowest BCUT2D eigenvalue weighted by atomic mass is 10.0. The summed E-state index contributed by atoms with van der Waals surface area (Å²) in [6.45, 7) is 5.11. The van der Waals surface area contributed by atoms with Crippen LogP contribution in [0.3, 0.4) is 0 Å². The molecule has 0 bridgehead atoms. The minimum Gasteiger partial charge on any atom is -0.493 e. The molecule has 108 valence electrons. The molecule has 0 aliphatic carbocycles. The third kappa shape index (κ3) is 3.21. The number of aromatic nitrogens is 2. The third-order valence-electron chi connectivity index (χ3n) is 3.55. The Bertz CT molecular complexity index is 531. The maximum atomic E-state index is 10.5. The largest absolute Gasteiger partial charge is 0.493 e. The Balaban J connectivity index is 2.38. The molecule has 3 nitrogen and oxygen atoms in total. The van der Waals surface area contributed by atoms with Crippen LogP contribution in [0.5, 0.6) is 5.88 Å². The van der Waals surface area contributed by atoms with Crippen LogP contribution in [0.1, 0.15) is 45.2 Å². The molecule has 1 heterocycles. The minimum atomic E-state index is 0.316. The van der Waals surface area contributed by atoms with Gasteiger partial charge in [0.1, 0.15) is 0 Å². The molecule has 0 atom stereocenters. The van der Waals surface area contributed by atoms with Gasteiger partial charge >= 0.3 is 0 Å². The molecule has 0 aliphatic heterocycles. The van der Waals surface area contributed by atoms with Gasteiger partial charge in [-0.25, -0.2) is 4.68 Å². The smallest absolute Gasteiger partial charge is 0.217 e. The topological polar surface area (TPSA) is 38.0 Å². The van der Waals surface area contributed by atoms with Gasteiger partial charge in [-0.2, -0.15) is 5.10 Å². The summed E-state index contributed by atoms with van der Waals surface area (Å²) in [5.74, 6) is 0.316. The van der Waals surface area contributed by atoms with Gasteiger partial charge < -0.3 is 5.11 Å². The van der Waals surface area contributed by atoms with Gasteiger partial charge in [0.15, 0.2) is 0 Å². The van der Waals surface area contributed by atoms with E-state index in [0.29, 0.717) is 5.88 Å². The van der Waals surface area contributed by atoms with Crippen molar-refractivity contribution in [2.24, 2.45) is 0 Å². The van der Waals surface area contributed by atoms with Crippen LogP contribution in [0.25, 0.3) is 11.1 Å². The number of benzene rings is 1. The second-order valence-electron chi connectivity index (χ2n) is 5.19. The predicted octanol–water partition coefficient (Wildman–Crippen LogP) is 4.40. The van der Waals surface area contributed by atoms with Crippen LogP contribution in [0.2, 0.25) is 0 Å². The second kappa shape index (κ2) is 7.13. The average molecular weight is 272 g/mol. The SMILES string of the molecule is CCCCc1nn(CCCC)c(O)c1-c1ccccc1. The van der Waals surface area contributed by atoms with E-state index in [1.54, 1.807) is 4.68 Å². The van der Waals surface area contributed by atoms with Gasteiger partial charge in [-0.05, 0) is 24.8 Å². The lowest BCUT2D eigenvalue weighted by Gasteiger charge is -2.03. The lowest BCUT2D eigenvalue weighted by molar-refractivity contribution is 0.394. The van der Waals surface area contributed by atoms with Crippen molar-refractivity contribution in [3.8, 4) is 17.0 Å². The quantitative estimate of drug-likeness (QED) is 0.811. The highest BCUT2D eigenvalue weighted by Crippen LogP contribution is 2.33. The molecule has 2 aromatic rings. The normalized spacial score (nSPS) is 10.9. The number of nitrogens with zero attached hydrogens (tertiary/aromatic N) is 2. The fraction of sp³-hybridized carbons (Fsp3) is 0.471. The summed E-state index contributed by atoms with van der Waals surface area (Å²) < 4.78 is 1.76. The van der Waals surface area contributed by atoms with E-state index in [2.05, 4.69) is 18.9 Å². The first-order valence-electron chi connectivity index (χ1n) is 7.62. The number of hydrogen-bond acceptors (Lipinski definition) is 2. The number of rotatable bonds is 7. The highest BCUT2D eigenvalue weighted by atomic mass is 16.3. The van der Waals surface area contributed by atoms with Crippen LogP contribution in [-0.4, -0.2) is 14.9 Å². The average Bonchev–Trinajstić information content (AvgIpc) is 2.80. The Morgan fingerprint density at radius 1 is 1.05 bits per heavy atom. The summed E-state index contributed by atoms with van der Waals surface area (Å²) in [4.78, 5) is 0. The van der Waals surface area contributed by atoms with E-state index in [0.717, 1.165) is 55.5 Å². The third-order valence-corrected chi connectivity index (χ3v) is 3.55. The standard InChI is InChI=1S/C17H24N2O/c1-3-5-12-15-16(14-10-8-7-9-11-14)17(20)19(18-15)13-6-4-2/h7-11,20H,3-6,12-13H2,1-2H3. The summed E-state index contributed by atoms with van der Waals surface area (Å²) in [6, 6.07) is 10.1. The first kappa shape index (κ1) is 14.6. The van der Waals surface area contributed by atoms with Crippen LogP contribution < -0.4 is 0 Å². The molecule has 2 rings (SSSR count). The van der Waals surface area contributed by atoms with Gasteiger partial charge in [-0.15, -0.1) is 0 Å². The number of hydrogen-bond donors (Lipinski definition) is 1. The molecule has 0 saturated carbocycles. The molecule has 0 unspecified atom stereocenters. The molecule has 0 aliphatic rings. The minimum absolute atomic E-state index is 0.316. The summed E-state index contributed by atoms with van der Waals surface area (Å²) in [5, 5.41) is 15.1. The molecule has 0 spiro atoms. The fourth-order valence-corrected chi connectivity index (χ4v) is 2.38. The zero-order valence-corrected chi connectivity index (χ0v) is 12.5. The van der Waals surface area contributed by atoms with Crippen molar-refractivity contribution in [3.63, 3.8) is 0 Å². The molecule has 0 amide bonds. The maximum absolute atomic E-state index is 10.5. The molecule has 20 heavy (non-hydrogen) atoms. The van der Waals surface area contributed by atoms with Crippen molar-refractivity contribution in [3.05, 3.63) is 36.0 Å². The van der Waals surface area contributed by atoms with Gasteiger partial charge in [0, 0.05) is 6.54 Å². The molecular weight excluding hydrogens is 248 g/mol. The molecule has 1 N–H and O–H groups in total. The first-order chi connectivity index (χ1) is 9.77. The van der Waals surface area contributed by atoms with Crippen molar-refractivity contribution in [1.29, 1.82) is 0 Å². The molecule has 3 heteroatoms. The maximum Gasteiger partial charge on any atom is 0.217 e. The van der Waals surface area contributed by atoms with E-state index in [9.17, 15) is 5.11 Å².